The van der Waals surface area contributed by atoms with Gasteiger partial charge in [-0.15, -0.1) is 11.3 Å². The molecule has 36 heavy (non-hydrogen) atoms. The van der Waals surface area contributed by atoms with Crippen LogP contribution < -0.4 is 14.5 Å². The van der Waals surface area contributed by atoms with E-state index in [1.54, 1.807) is 27.3 Å². The topological polar surface area (TPSA) is 103 Å². The molecule has 0 radical (unpaired) electrons. The van der Waals surface area contributed by atoms with Crippen LogP contribution in [0.15, 0.2) is 58.9 Å². The van der Waals surface area contributed by atoms with Gasteiger partial charge in [0.15, 0.2) is 5.13 Å². The van der Waals surface area contributed by atoms with E-state index in [1.807, 2.05) is 18.2 Å². The molecule has 3 heterocycles. The number of halogens is 1. The van der Waals surface area contributed by atoms with Crippen LogP contribution in [0.5, 0.6) is 0 Å². The average Bonchev–Trinajstić information content (AvgIpc) is 3.51. The molecule has 9 nitrogen and oxygen atoms in total. The van der Waals surface area contributed by atoms with Crippen LogP contribution in [0.1, 0.15) is 12.0 Å². The Morgan fingerprint density at radius 3 is 2.64 bits per heavy atom. The van der Waals surface area contributed by atoms with Gasteiger partial charge in [0.2, 0.25) is 11.8 Å². The Morgan fingerprint density at radius 1 is 1.11 bits per heavy atom. The summed E-state index contributed by atoms with van der Waals surface area (Å²) in [6, 6.07) is 11.9. The Kier molecular flexibility index (Phi) is 6.87. The average molecular weight is 546 g/mol. The molecule has 2 aliphatic heterocycles. The van der Waals surface area contributed by atoms with Crippen molar-refractivity contribution in [1.29, 1.82) is 0 Å². The van der Waals surface area contributed by atoms with Crippen molar-refractivity contribution in [2.24, 2.45) is 0 Å². The van der Waals surface area contributed by atoms with E-state index in [-0.39, 0.29) is 28.4 Å². The Bertz CT molecular complexity index is 1380. The van der Waals surface area contributed by atoms with Gasteiger partial charge in [-0.3, -0.25) is 14.3 Å². The van der Waals surface area contributed by atoms with Crippen LogP contribution in [0.3, 0.4) is 0 Å². The highest BCUT2D eigenvalue weighted by molar-refractivity contribution is 7.93. The molecule has 0 unspecified atom stereocenters. The van der Waals surface area contributed by atoms with Gasteiger partial charge < -0.3 is 14.7 Å². The van der Waals surface area contributed by atoms with Crippen LogP contribution in [0.2, 0.25) is 5.02 Å². The number of aromatic nitrogens is 1. The molecule has 0 saturated carbocycles. The lowest BCUT2D eigenvalue weighted by molar-refractivity contribution is -0.136. The highest BCUT2D eigenvalue weighted by atomic mass is 35.5. The maximum Gasteiger partial charge on any atom is 0.263 e. The fourth-order valence-corrected chi connectivity index (χ4v) is 6.46. The summed E-state index contributed by atoms with van der Waals surface area (Å²) in [6.07, 6.45) is 2.75. The molecule has 0 spiro atoms. The maximum absolute atomic E-state index is 12.8. The van der Waals surface area contributed by atoms with E-state index in [0.29, 0.717) is 36.8 Å². The Labute approximate surface area is 218 Å². The second kappa shape index (κ2) is 10.1. The molecule has 2 aromatic carbocycles. The highest BCUT2D eigenvalue weighted by Gasteiger charge is 2.29. The van der Waals surface area contributed by atoms with Crippen molar-refractivity contribution < 1.29 is 18.0 Å². The van der Waals surface area contributed by atoms with E-state index in [4.69, 9.17) is 11.6 Å². The van der Waals surface area contributed by atoms with Crippen LogP contribution in [0.25, 0.3) is 0 Å². The predicted molar refractivity (Wildman–Crippen MR) is 140 cm³/mol. The standard InChI is InChI=1S/C24H24ClN5O4S2/c25-18-1-6-21-17(15-18)7-10-28(21)11-8-22(31)29-12-13-30(23(32)16-29)19-2-4-20(5-3-19)36(33,34)27-24-26-9-14-35-24/h1-6,9,14-15H,7-8,10-13,16H2,(H,26,27). The number of fused-ring (bicyclic) bond motifs is 1. The largest absolute Gasteiger partial charge is 0.370 e. The number of piperazine rings is 1. The summed E-state index contributed by atoms with van der Waals surface area (Å²) in [6.45, 7) is 2.20. The quantitative estimate of drug-likeness (QED) is 0.489. The summed E-state index contributed by atoms with van der Waals surface area (Å²) in [7, 11) is -3.77. The zero-order valence-electron chi connectivity index (χ0n) is 19.3. The number of benzene rings is 2. The predicted octanol–water partition coefficient (Wildman–Crippen LogP) is 3.23. The van der Waals surface area contributed by atoms with E-state index in [9.17, 15) is 18.0 Å². The summed E-state index contributed by atoms with van der Waals surface area (Å²) < 4.78 is 27.5. The fraction of sp³-hybridized carbons (Fsp3) is 0.292. The Morgan fingerprint density at radius 2 is 1.92 bits per heavy atom. The van der Waals surface area contributed by atoms with Gasteiger partial charge in [-0.2, -0.15) is 0 Å². The Balaban J connectivity index is 1.16. The summed E-state index contributed by atoms with van der Waals surface area (Å²) in [4.78, 5) is 35.0. The monoisotopic (exact) mass is 545 g/mol. The van der Waals surface area contributed by atoms with Gasteiger partial charge in [-0.1, -0.05) is 11.6 Å². The third-order valence-electron chi connectivity index (χ3n) is 6.31. The number of sulfonamides is 1. The first-order valence-corrected chi connectivity index (χ1v) is 14.2. The number of hydrogen-bond donors (Lipinski definition) is 1. The number of thiazole rings is 1. The van der Waals surface area contributed by atoms with Crippen molar-refractivity contribution in [3.8, 4) is 0 Å². The number of carbonyl (C=O) groups is 2. The molecular formula is C24H24ClN5O4S2. The number of hydrogen-bond acceptors (Lipinski definition) is 7. The summed E-state index contributed by atoms with van der Waals surface area (Å²) in [5, 5.41) is 2.68. The molecule has 0 atom stereocenters. The van der Waals surface area contributed by atoms with Gasteiger partial charge in [0.05, 0.1) is 4.90 Å². The van der Waals surface area contributed by atoms with Gasteiger partial charge in [0.1, 0.15) is 6.54 Å². The van der Waals surface area contributed by atoms with E-state index in [0.717, 1.165) is 18.7 Å². The SMILES string of the molecule is O=C(CCN1CCc2cc(Cl)ccc21)N1CCN(c2ccc(S(=O)(=O)Nc3nccs3)cc2)C(=O)C1. The molecule has 2 aliphatic rings. The summed E-state index contributed by atoms with van der Waals surface area (Å²) in [5.41, 5.74) is 2.89. The van der Waals surface area contributed by atoms with Crippen molar-refractivity contribution in [3.63, 3.8) is 0 Å². The molecule has 3 aromatic rings. The van der Waals surface area contributed by atoms with Crippen molar-refractivity contribution in [2.45, 2.75) is 17.7 Å². The molecule has 1 aromatic heterocycles. The molecule has 1 saturated heterocycles. The van der Waals surface area contributed by atoms with Crippen LogP contribution in [-0.4, -0.2) is 62.8 Å². The van der Waals surface area contributed by atoms with E-state index in [2.05, 4.69) is 14.6 Å². The first-order chi connectivity index (χ1) is 17.3. The molecule has 5 rings (SSSR count). The summed E-state index contributed by atoms with van der Waals surface area (Å²) in [5.74, 6) is -0.257. The van der Waals surface area contributed by atoms with Gasteiger partial charge in [0.25, 0.3) is 10.0 Å². The number of nitrogens with zero attached hydrogens (tertiary/aromatic N) is 4. The summed E-state index contributed by atoms with van der Waals surface area (Å²) >= 11 is 7.26. The van der Waals surface area contributed by atoms with Crippen LogP contribution >= 0.6 is 22.9 Å². The van der Waals surface area contributed by atoms with Crippen LogP contribution in [0.4, 0.5) is 16.5 Å². The smallest absolute Gasteiger partial charge is 0.263 e. The molecule has 0 bridgehead atoms. The number of rotatable bonds is 7. The molecule has 1 fully saturated rings. The van der Waals surface area contributed by atoms with Crippen molar-refractivity contribution >= 4 is 61.3 Å². The zero-order valence-corrected chi connectivity index (χ0v) is 21.7. The van der Waals surface area contributed by atoms with Crippen LogP contribution in [-0.2, 0) is 26.0 Å². The second-order valence-electron chi connectivity index (χ2n) is 8.56. The molecule has 1 N–H and O–H groups in total. The van der Waals surface area contributed by atoms with E-state index >= 15 is 0 Å². The minimum absolute atomic E-state index is 0.00329. The van der Waals surface area contributed by atoms with Gasteiger partial charge in [-0.05, 0) is 54.4 Å². The number of carbonyl (C=O) groups excluding carboxylic acids is 2. The lowest BCUT2D eigenvalue weighted by Gasteiger charge is -2.34. The van der Waals surface area contributed by atoms with Gasteiger partial charge >= 0.3 is 0 Å². The fourth-order valence-electron chi connectivity index (χ4n) is 4.47. The molecular weight excluding hydrogens is 522 g/mol. The van der Waals surface area contributed by atoms with Gasteiger partial charge in [0, 0.05) is 60.6 Å². The lowest BCUT2D eigenvalue weighted by atomic mass is 10.2. The first kappa shape index (κ1) is 24.5. The van der Waals surface area contributed by atoms with E-state index in [1.165, 1.54) is 35.2 Å². The number of anilines is 3. The minimum atomic E-state index is -3.77. The van der Waals surface area contributed by atoms with Crippen molar-refractivity contribution in [3.05, 3.63) is 64.6 Å². The van der Waals surface area contributed by atoms with E-state index < -0.39 is 10.0 Å². The first-order valence-electron chi connectivity index (χ1n) is 11.4. The molecule has 2 amide bonds. The highest BCUT2D eigenvalue weighted by Crippen LogP contribution is 2.30. The lowest BCUT2D eigenvalue weighted by Crippen LogP contribution is -2.52. The third-order valence-corrected chi connectivity index (χ3v) is 8.72. The molecule has 188 valence electrons. The normalized spacial score (nSPS) is 15.8. The van der Waals surface area contributed by atoms with Crippen molar-refractivity contribution in [1.82, 2.24) is 9.88 Å². The zero-order chi connectivity index (χ0) is 25.3. The molecule has 12 heteroatoms. The second-order valence-corrected chi connectivity index (χ2v) is 11.6. The number of amides is 2. The van der Waals surface area contributed by atoms with Gasteiger partial charge in [-0.25, -0.2) is 13.4 Å². The van der Waals surface area contributed by atoms with Crippen molar-refractivity contribution in [2.75, 3.05) is 47.2 Å². The third kappa shape index (κ3) is 5.18. The maximum atomic E-state index is 12.8. The molecule has 0 aliphatic carbocycles. The Hall–Kier alpha value is -3.15. The number of nitrogens with one attached hydrogen (secondary N) is 1. The van der Waals surface area contributed by atoms with Crippen LogP contribution in [0, 0.1) is 0 Å². The minimum Gasteiger partial charge on any atom is -0.370 e.